The first-order valence-corrected chi connectivity index (χ1v) is 11.4. The Labute approximate surface area is 201 Å². The molecule has 2 rings (SSSR count). The topological polar surface area (TPSA) is 65.8 Å². The second kappa shape index (κ2) is 12.9. The lowest BCUT2D eigenvalue weighted by Crippen LogP contribution is -2.35. The molecule has 1 aliphatic rings. The van der Waals surface area contributed by atoms with E-state index in [1.807, 2.05) is 39.0 Å². The lowest BCUT2D eigenvalue weighted by atomic mass is 9.96. The van der Waals surface area contributed by atoms with Gasteiger partial charge in [-0.15, -0.1) is 0 Å². The molecule has 0 heterocycles. The number of nitrogens with one attached hydrogen (secondary N) is 2. The summed E-state index contributed by atoms with van der Waals surface area (Å²) in [5.41, 5.74) is 3.62. The first-order valence-electron chi connectivity index (χ1n) is 11.4. The average Bonchev–Trinajstić information content (AvgIpc) is 2.81. The molecule has 0 radical (unpaired) electrons. The molecule has 2 unspecified atom stereocenters. The maximum absolute atomic E-state index is 14.5. The molecule has 2 atom stereocenters. The first kappa shape index (κ1) is 27.1. The molecular weight excluding hydrogens is 434 g/mol. The molecule has 0 fully saturated rings. The van der Waals surface area contributed by atoms with Crippen molar-refractivity contribution in [3.05, 3.63) is 76.9 Å². The van der Waals surface area contributed by atoms with Crippen LogP contribution in [-0.2, 0) is 0 Å². The number of benzene rings is 1. The van der Waals surface area contributed by atoms with Gasteiger partial charge in [-0.25, -0.2) is 13.8 Å². The fourth-order valence-electron chi connectivity index (χ4n) is 3.49. The Morgan fingerprint density at radius 1 is 1.24 bits per heavy atom. The summed E-state index contributed by atoms with van der Waals surface area (Å²) in [6.45, 7) is 9.21. The molecule has 0 spiro atoms. The van der Waals surface area contributed by atoms with Crippen molar-refractivity contribution < 1.29 is 13.6 Å². The van der Waals surface area contributed by atoms with Gasteiger partial charge in [0.1, 0.15) is 5.83 Å². The summed E-state index contributed by atoms with van der Waals surface area (Å²) < 4.78 is 28.7. The number of likely N-dealkylation sites (N-methyl/N-ethyl adjacent to an activating group) is 1. The molecule has 0 aliphatic heterocycles. The normalized spacial score (nSPS) is 19.8. The highest BCUT2D eigenvalue weighted by molar-refractivity contribution is 6.45. The summed E-state index contributed by atoms with van der Waals surface area (Å²) in [4.78, 5) is 21.1. The average molecular weight is 469 g/mol. The summed E-state index contributed by atoms with van der Waals surface area (Å²) >= 11 is 0. The van der Waals surface area contributed by atoms with Gasteiger partial charge >= 0.3 is 0 Å². The number of ketones is 1. The van der Waals surface area contributed by atoms with Gasteiger partial charge in [-0.05, 0) is 70.5 Å². The van der Waals surface area contributed by atoms with Gasteiger partial charge in [0.05, 0.1) is 11.8 Å². The smallest absolute Gasteiger partial charge is 0.171 e. The third-order valence-electron chi connectivity index (χ3n) is 5.46. The monoisotopic (exact) mass is 468 g/mol. The van der Waals surface area contributed by atoms with E-state index in [9.17, 15) is 13.6 Å². The summed E-state index contributed by atoms with van der Waals surface area (Å²) in [5.74, 6) is -0.179. The second-order valence-corrected chi connectivity index (χ2v) is 8.15. The molecule has 0 saturated heterocycles. The third-order valence-corrected chi connectivity index (χ3v) is 5.46. The third kappa shape index (κ3) is 6.90. The lowest BCUT2D eigenvalue weighted by molar-refractivity contribution is 0.0981. The van der Waals surface area contributed by atoms with Crippen molar-refractivity contribution in [2.75, 3.05) is 12.4 Å². The molecule has 5 nitrogen and oxygen atoms in total. The first-order chi connectivity index (χ1) is 16.2. The number of nitrogens with zero attached hydrogens (tertiary/aromatic N) is 2. The Bertz CT molecular complexity index is 1080. The Hall–Kier alpha value is -3.19. The van der Waals surface area contributed by atoms with Crippen LogP contribution in [0.3, 0.4) is 0 Å². The van der Waals surface area contributed by atoms with E-state index in [2.05, 4.69) is 20.6 Å². The summed E-state index contributed by atoms with van der Waals surface area (Å²) in [6.07, 6.45) is 7.70. The van der Waals surface area contributed by atoms with E-state index in [1.54, 1.807) is 45.3 Å². The molecule has 34 heavy (non-hydrogen) atoms. The van der Waals surface area contributed by atoms with Gasteiger partial charge in [0.2, 0.25) is 0 Å². The van der Waals surface area contributed by atoms with Crippen LogP contribution in [0.1, 0.15) is 56.5 Å². The number of allylic oxidation sites excluding steroid dienone is 4. The van der Waals surface area contributed by atoms with Crippen molar-refractivity contribution in [1.29, 1.82) is 0 Å². The molecule has 2 N–H and O–H groups in total. The van der Waals surface area contributed by atoms with Crippen molar-refractivity contribution in [3.8, 4) is 0 Å². The van der Waals surface area contributed by atoms with Gasteiger partial charge in [0.15, 0.2) is 17.8 Å². The summed E-state index contributed by atoms with van der Waals surface area (Å²) in [5, 5.41) is 5.98. The van der Waals surface area contributed by atoms with Crippen LogP contribution in [0.15, 0.2) is 75.8 Å². The maximum atomic E-state index is 14.5. The molecule has 1 aromatic rings. The number of amidine groups is 1. The predicted molar refractivity (Wildman–Crippen MR) is 138 cm³/mol. The lowest BCUT2D eigenvalue weighted by Gasteiger charge is -2.21. The number of carbonyl (C=O) groups is 1. The molecule has 182 valence electrons. The van der Waals surface area contributed by atoms with Gasteiger partial charge in [0.25, 0.3) is 0 Å². The zero-order chi connectivity index (χ0) is 25.3. The quantitative estimate of drug-likeness (QED) is 0.250. The van der Waals surface area contributed by atoms with E-state index in [0.717, 1.165) is 17.7 Å². The molecule has 7 heteroatoms. The van der Waals surface area contributed by atoms with E-state index in [1.165, 1.54) is 6.20 Å². The van der Waals surface area contributed by atoms with Crippen LogP contribution in [0.5, 0.6) is 0 Å². The predicted octanol–water partition coefficient (Wildman–Crippen LogP) is 6.41. The van der Waals surface area contributed by atoms with E-state index < -0.39 is 18.0 Å². The van der Waals surface area contributed by atoms with Crippen molar-refractivity contribution in [3.63, 3.8) is 0 Å². The zero-order valence-electron chi connectivity index (χ0n) is 20.7. The number of Topliss-reactive ketones (excluding diaryl/α,β-unsaturated/α-hetero) is 1. The van der Waals surface area contributed by atoms with Crippen LogP contribution in [0.2, 0.25) is 0 Å². The van der Waals surface area contributed by atoms with Crippen LogP contribution in [0.4, 0.5) is 14.5 Å². The standard InChI is InChI=1S/C27H34F2N4O/c1-7-9-24(34)21-11-10-20(15-17(21)3)33-27(31-14-8-2)19(5)32-16-18(4)22-12-13-23(30-6)26(29)25(22)28/h8,10-16,23,26,30H,7,9H2,1-6H3,(H,31,33)/b14-8-,18-16+,32-19+. The molecule has 0 aromatic heterocycles. The zero-order valence-corrected chi connectivity index (χ0v) is 20.7. The molecular formula is C27H34F2N4O. The number of aliphatic imine (C=N–C) groups is 2. The number of anilines is 1. The highest BCUT2D eigenvalue weighted by Crippen LogP contribution is 2.28. The van der Waals surface area contributed by atoms with E-state index in [4.69, 9.17) is 0 Å². The van der Waals surface area contributed by atoms with Gasteiger partial charge in [-0.1, -0.05) is 25.2 Å². The molecule has 0 bridgehead atoms. The minimum absolute atomic E-state index is 0.127. The largest absolute Gasteiger partial charge is 0.339 e. The fraction of sp³-hybridized carbons (Fsp3) is 0.370. The van der Waals surface area contributed by atoms with Crippen molar-refractivity contribution in [2.45, 2.75) is 59.7 Å². The van der Waals surface area contributed by atoms with E-state index in [0.29, 0.717) is 29.1 Å². The Morgan fingerprint density at radius 2 is 1.97 bits per heavy atom. The van der Waals surface area contributed by atoms with Gasteiger partial charge in [-0.3, -0.25) is 9.79 Å². The number of halogens is 2. The van der Waals surface area contributed by atoms with Gasteiger partial charge in [-0.2, -0.15) is 0 Å². The number of alkyl halides is 1. The van der Waals surface area contributed by atoms with Gasteiger partial charge < -0.3 is 10.6 Å². The summed E-state index contributed by atoms with van der Waals surface area (Å²) in [6, 6.07) is 4.87. The molecule has 1 aliphatic carbocycles. The number of carbonyl (C=O) groups excluding carboxylic acids is 1. The van der Waals surface area contributed by atoms with Crippen LogP contribution in [0, 0.1) is 6.92 Å². The highest BCUT2D eigenvalue weighted by atomic mass is 19.2. The van der Waals surface area contributed by atoms with E-state index in [-0.39, 0.29) is 11.4 Å². The molecule has 0 amide bonds. The fourth-order valence-corrected chi connectivity index (χ4v) is 3.49. The molecule has 1 aromatic carbocycles. The molecule has 0 saturated carbocycles. The van der Waals surface area contributed by atoms with Crippen LogP contribution in [0.25, 0.3) is 0 Å². The summed E-state index contributed by atoms with van der Waals surface area (Å²) in [7, 11) is 1.59. The Morgan fingerprint density at radius 3 is 2.59 bits per heavy atom. The Kier molecular flexibility index (Phi) is 10.3. The van der Waals surface area contributed by atoms with E-state index >= 15 is 0 Å². The van der Waals surface area contributed by atoms with Gasteiger partial charge in [0, 0.05) is 35.6 Å². The SMILES string of the molecule is C\C=C/N=C(Nc1ccc(C(=O)CCC)c(C)c1)\C(C)=N\C=C(/C)C1=C(F)C(F)C(NC)C=C1. The number of rotatable bonds is 9. The van der Waals surface area contributed by atoms with Crippen molar-refractivity contribution in [1.82, 2.24) is 5.32 Å². The minimum atomic E-state index is -1.73. The second-order valence-electron chi connectivity index (χ2n) is 8.15. The maximum Gasteiger partial charge on any atom is 0.171 e. The number of aryl methyl sites for hydroxylation is 1. The number of hydrogen-bond acceptors (Lipinski definition) is 4. The minimum Gasteiger partial charge on any atom is -0.339 e. The highest BCUT2D eigenvalue weighted by Gasteiger charge is 2.28. The van der Waals surface area contributed by atoms with Crippen LogP contribution in [-0.4, -0.2) is 36.6 Å². The number of hydrogen-bond donors (Lipinski definition) is 2. The van der Waals surface area contributed by atoms with Crippen LogP contribution < -0.4 is 10.6 Å². The van der Waals surface area contributed by atoms with Crippen molar-refractivity contribution in [2.24, 2.45) is 9.98 Å². The Balaban J connectivity index is 2.29. The van der Waals surface area contributed by atoms with Crippen molar-refractivity contribution >= 4 is 23.0 Å². The van der Waals surface area contributed by atoms with Crippen LogP contribution >= 0.6 is 0 Å².